The molecule has 0 radical (unpaired) electrons. The van der Waals surface area contributed by atoms with Gasteiger partial charge in [0.15, 0.2) is 0 Å². The molecule has 2 atom stereocenters. The molecule has 1 saturated heterocycles. The zero-order chi connectivity index (χ0) is 11.4. The largest absolute Gasteiger partial charge is 0.394 e. The van der Waals surface area contributed by atoms with E-state index in [0.717, 1.165) is 13.0 Å². The fraction of sp³-hybridized carbons (Fsp3) is 0.538. The summed E-state index contributed by atoms with van der Waals surface area (Å²) in [6.07, 6.45) is 1.03. The quantitative estimate of drug-likeness (QED) is 0.831. The van der Waals surface area contributed by atoms with Crippen molar-refractivity contribution in [1.29, 1.82) is 0 Å². The molecule has 1 aromatic carbocycles. The molecular weight excluding hydrogens is 202 g/mol. The fourth-order valence-electron chi connectivity index (χ4n) is 2.07. The summed E-state index contributed by atoms with van der Waals surface area (Å²) in [7, 11) is 0. The van der Waals surface area contributed by atoms with Gasteiger partial charge in [-0.3, -0.25) is 4.90 Å². The number of aliphatic hydroxyl groups is 1. The van der Waals surface area contributed by atoms with Gasteiger partial charge in [-0.15, -0.1) is 0 Å². The van der Waals surface area contributed by atoms with E-state index in [2.05, 4.69) is 36.1 Å². The summed E-state index contributed by atoms with van der Waals surface area (Å²) in [5, 5.41) is 9.00. The van der Waals surface area contributed by atoms with Gasteiger partial charge in [0, 0.05) is 12.6 Å². The normalized spacial score (nSPS) is 23.5. The number of aliphatic hydroxyl groups excluding tert-OH is 1. The van der Waals surface area contributed by atoms with Crippen molar-refractivity contribution in [3.05, 3.63) is 35.9 Å². The summed E-state index contributed by atoms with van der Waals surface area (Å²) < 4.78 is 5.45. The maximum Gasteiger partial charge on any atom is 0.0999 e. The van der Waals surface area contributed by atoms with Gasteiger partial charge in [-0.1, -0.05) is 30.3 Å². The lowest BCUT2D eigenvalue weighted by atomic mass is 10.1. The smallest absolute Gasteiger partial charge is 0.0999 e. The zero-order valence-corrected chi connectivity index (χ0v) is 9.67. The van der Waals surface area contributed by atoms with E-state index in [1.807, 2.05) is 6.07 Å². The molecule has 0 aliphatic carbocycles. The summed E-state index contributed by atoms with van der Waals surface area (Å²) in [5.41, 5.74) is 1.35. The van der Waals surface area contributed by atoms with Gasteiger partial charge in [0.2, 0.25) is 0 Å². The molecule has 0 spiro atoms. The van der Waals surface area contributed by atoms with Crippen molar-refractivity contribution >= 4 is 0 Å². The van der Waals surface area contributed by atoms with Crippen molar-refractivity contribution in [2.45, 2.75) is 25.5 Å². The highest BCUT2D eigenvalue weighted by Crippen LogP contribution is 2.14. The summed E-state index contributed by atoms with van der Waals surface area (Å²) in [6, 6.07) is 10.9. The first-order chi connectivity index (χ1) is 7.79. The molecule has 1 fully saturated rings. The molecule has 1 N–H and O–H groups in total. The van der Waals surface area contributed by atoms with Gasteiger partial charge in [-0.05, 0) is 18.9 Å². The minimum absolute atomic E-state index is 0.00165. The Balaban J connectivity index is 1.87. The first-order valence-corrected chi connectivity index (χ1v) is 5.80. The van der Waals surface area contributed by atoms with Crippen LogP contribution in [0.2, 0.25) is 0 Å². The van der Waals surface area contributed by atoms with Gasteiger partial charge in [0.1, 0.15) is 0 Å². The number of rotatable bonds is 4. The summed E-state index contributed by atoms with van der Waals surface area (Å²) in [6.45, 7) is 3.80. The van der Waals surface area contributed by atoms with Crippen LogP contribution < -0.4 is 0 Å². The van der Waals surface area contributed by atoms with Gasteiger partial charge in [0.05, 0.1) is 19.4 Å². The van der Waals surface area contributed by atoms with Crippen molar-refractivity contribution in [3.8, 4) is 0 Å². The highest BCUT2D eigenvalue weighted by molar-refractivity contribution is 5.15. The summed E-state index contributed by atoms with van der Waals surface area (Å²) in [4.78, 5) is 2.27. The molecule has 3 nitrogen and oxygen atoms in total. The predicted octanol–water partition coefficient (Wildman–Crippen LogP) is 1.27. The molecule has 88 valence electrons. The number of hydrogen-bond donors (Lipinski definition) is 1. The van der Waals surface area contributed by atoms with Crippen molar-refractivity contribution in [2.75, 3.05) is 19.9 Å². The molecule has 1 aliphatic rings. The third kappa shape index (κ3) is 2.82. The van der Waals surface area contributed by atoms with E-state index in [0.29, 0.717) is 12.8 Å². The van der Waals surface area contributed by atoms with Gasteiger partial charge in [-0.2, -0.15) is 0 Å². The number of nitrogens with zero attached hydrogens (tertiary/aromatic N) is 1. The fourth-order valence-corrected chi connectivity index (χ4v) is 2.07. The van der Waals surface area contributed by atoms with Gasteiger partial charge in [0.25, 0.3) is 0 Å². The van der Waals surface area contributed by atoms with Gasteiger partial charge in [-0.25, -0.2) is 0 Å². The molecular formula is C13H19NO2. The van der Waals surface area contributed by atoms with Crippen LogP contribution in [-0.4, -0.2) is 42.0 Å². The van der Waals surface area contributed by atoms with Crippen LogP contribution in [0.25, 0.3) is 0 Å². The highest BCUT2D eigenvalue weighted by atomic mass is 16.5. The van der Waals surface area contributed by atoms with Crippen molar-refractivity contribution in [2.24, 2.45) is 0 Å². The minimum Gasteiger partial charge on any atom is -0.394 e. The Morgan fingerprint density at radius 1 is 1.44 bits per heavy atom. The molecule has 3 heteroatoms. The van der Waals surface area contributed by atoms with Crippen molar-refractivity contribution in [1.82, 2.24) is 4.90 Å². The Kier molecular flexibility index (Phi) is 3.93. The maximum absolute atomic E-state index is 9.00. The highest BCUT2D eigenvalue weighted by Gasteiger charge is 2.25. The lowest BCUT2D eigenvalue weighted by Gasteiger charge is -2.22. The van der Waals surface area contributed by atoms with Crippen LogP contribution in [0.1, 0.15) is 12.5 Å². The number of hydrogen-bond acceptors (Lipinski definition) is 3. The minimum atomic E-state index is -0.00165. The van der Waals surface area contributed by atoms with E-state index in [1.54, 1.807) is 0 Å². The van der Waals surface area contributed by atoms with Crippen LogP contribution in [0, 0.1) is 0 Å². The monoisotopic (exact) mass is 221 g/mol. The van der Waals surface area contributed by atoms with Crippen LogP contribution in [0.3, 0.4) is 0 Å². The average Bonchev–Trinajstić information content (AvgIpc) is 2.79. The molecule has 1 heterocycles. The van der Waals surface area contributed by atoms with E-state index in [-0.39, 0.29) is 12.7 Å². The lowest BCUT2D eigenvalue weighted by molar-refractivity contribution is 0.0476. The number of ether oxygens (including phenoxy) is 1. The Bertz CT molecular complexity index is 315. The predicted molar refractivity (Wildman–Crippen MR) is 63.1 cm³/mol. The summed E-state index contributed by atoms with van der Waals surface area (Å²) in [5.74, 6) is 0. The molecule has 1 aromatic rings. The standard InChI is InChI=1S/C13H19NO2/c1-11(7-12-5-3-2-4-6-12)14-8-13(9-15)16-10-14/h2-6,11,13,15H,7-10H2,1H3. The molecule has 0 saturated carbocycles. The molecule has 0 aromatic heterocycles. The first kappa shape index (κ1) is 11.6. The Labute approximate surface area is 96.6 Å². The van der Waals surface area contributed by atoms with Crippen LogP contribution >= 0.6 is 0 Å². The maximum atomic E-state index is 9.00. The second-order valence-corrected chi connectivity index (χ2v) is 4.41. The topological polar surface area (TPSA) is 32.7 Å². The van der Waals surface area contributed by atoms with Crippen molar-refractivity contribution < 1.29 is 9.84 Å². The average molecular weight is 221 g/mol. The second kappa shape index (κ2) is 5.43. The molecule has 1 aliphatic heterocycles. The van der Waals surface area contributed by atoms with Crippen molar-refractivity contribution in [3.63, 3.8) is 0 Å². The summed E-state index contributed by atoms with van der Waals surface area (Å²) >= 11 is 0. The molecule has 2 unspecified atom stereocenters. The molecule has 16 heavy (non-hydrogen) atoms. The second-order valence-electron chi connectivity index (χ2n) is 4.41. The third-order valence-corrected chi connectivity index (χ3v) is 3.12. The molecule has 2 rings (SSSR count). The Morgan fingerprint density at radius 3 is 2.81 bits per heavy atom. The van der Waals surface area contributed by atoms with Gasteiger partial charge >= 0.3 is 0 Å². The number of benzene rings is 1. The first-order valence-electron chi connectivity index (χ1n) is 5.80. The Hall–Kier alpha value is -0.900. The lowest BCUT2D eigenvalue weighted by Crippen LogP contribution is -2.33. The van der Waals surface area contributed by atoms with E-state index in [1.165, 1.54) is 5.56 Å². The third-order valence-electron chi connectivity index (χ3n) is 3.12. The molecule has 0 bridgehead atoms. The van der Waals surface area contributed by atoms with Crippen LogP contribution in [0.5, 0.6) is 0 Å². The van der Waals surface area contributed by atoms with Crippen LogP contribution in [-0.2, 0) is 11.2 Å². The SMILES string of the molecule is CC(Cc1ccccc1)N1COC(CO)C1. The zero-order valence-electron chi connectivity index (χ0n) is 9.67. The van der Waals surface area contributed by atoms with E-state index in [4.69, 9.17) is 9.84 Å². The van der Waals surface area contributed by atoms with E-state index < -0.39 is 0 Å². The van der Waals surface area contributed by atoms with Crippen LogP contribution in [0.15, 0.2) is 30.3 Å². The Morgan fingerprint density at radius 2 is 2.19 bits per heavy atom. The van der Waals surface area contributed by atoms with Gasteiger partial charge < -0.3 is 9.84 Å². The van der Waals surface area contributed by atoms with Crippen LogP contribution in [0.4, 0.5) is 0 Å². The van der Waals surface area contributed by atoms with E-state index >= 15 is 0 Å². The van der Waals surface area contributed by atoms with E-state index in [9.17, 15) is 0 Å². The molecule has 0 amide bonds.